The predicted octanol–water partition coefficient (Wildman–Crippen LogP) is 3.63. The summed E-state index contributed by atoms with van der Waals surface area (Å²) in [5.74, 6) is 0. The van der Waals surface area contributed by atoms with E-state index in [1.54, 1.807) is 0 Å². The number of hydrogen-bond donors (Lipinski definition) is 0. The topological polar surface area (TPSA) is 42.6 Å². The van der Waals surface area contributed by atoms with Gasteiger partial charge in [-0.2, -0.15) is 10.4 Å². The van der Waals surface area contributed by atoms with E-state index < -0.39 is 0 Å². The Balaban J connectivity index is 1.98. The van der Waals surface area contributed by atoms with Gasteiger partial charge in [-0.3, -0.25) is 5.01 Å². The SMILES string of the molecule is C[C@@H]1CCC[C@H](C)N1/N=C\c1ccc(N(C)CCC#N)cc1. The molecule has 0 saturated carbocycles. The van der Waals surface area contributed by atoms with Crippen LogP contribution >= 0.6 is 0 Å². The fourth-order valence-electron chi connectivity index (χ4n) is 2.93. The molecule has 22 heavy (non-hydrogen) atoms. The van der Waals surface area contributed by atoms with E-state index in [1.165, 1.54) is 19.3 Å². The average molecular weight is 298 g/mol. The summed E-state index contributed by atoms with van der Waals surface area (Å²) in [5, 5.41) is 15.6. The Morgan fingerprint density at radius 3 is 2.50 bits per heavy atom. The third kappa shape index (κ3) is 4.24. The third-order valence-electron chi connectivity index (χ3n) is 4.38. The van der Waals surface area contributed by atoms with E-state index in [9.17, 15) is 0 Å². The van der Waals surface area contributed by atoms with E-state index in [2.05, 4.69) is 54.1 Å². The molecule has 1 heterocycles. The number of hydrazone groups is 1. The Bertz CT molecular complexity index is 519. The molecule has 1 aromatic carbocycles. The molecule has 0 N–H and O–H groups in total. The van der Waals surface area contributed by atoms with E-state index in [0.717, 1.165) is 17.8 Å². The van der Waals surface area contributed by atoms with Crippen LogP contribution in [0, 0.1) is 11.3 Å². The zero-order chi connectivity index (χ0) is 15.9. The van der Waals surface area contributed by atoms with Crippen molar-refractivity contribution in [2.24, 2.45) is 5.10 Å². The first-order valence-electron chi connectivity index (χ1n) is 8.12. The highest BCUT2D eigenvalue weighted by atomic mass is 15.5. The van der Waals surface area contributed by atoms with Crippen molar-refractivity contribution in [2.75, 3.05) is 18.5 Å². The van der Waals surface area contributed by atoms with Crippen molar-refractivity contribution in [3.05, 3.63) is 29.8 Å². The van der Waals surface area contributed by atoms with Gasteiger partial charge in [0.25, 0.3) is 0 Å². The predicted molar refractivity (Wildman–Crippen MR) is 92.2 cm³/mol. The molecule has 1 saturated heterocycles. The van der Waals surface area contributed by atoms with Crippen LogP contribution in [0.3, 0.4) is 0 Å². The molecule has 0 radical (unpaired) electrons. The molecular formula is C18H26N4. The Kier molecular flexibility index (Phi) is 5.83. The van der Waals surface area contributed by atoms with Crippen molar-refractivity contribution in [3.63, 3.8) is 0 Å². The number of nitriles is 1. The van der Waals surface area contributed by atoms with E-state index in [4.69, 9.17) is 10.4 Å². The van der Waals surface area contributed by atoms with Crippen LogP contribution in [-0.2, 0) is 0 Å². The van der Waals surface area contributed by atoms with Gasteiger partial charge in [0.05, 0.1) is 18.7 Å². The highest BCUT2D eigenvalue weighted by Gasteiger charge is 2.22. The molecule has 0 amide bonds. The van der Waals surface area contributed by atoms with Crippen molar-refractivity contribution in [2.45, 2.75) is 51.6 Å². The van der Waals surface area contributed by atoms with Crippen molar-refractivity contribution in [1.82, 2.24) is 5.01 Å². The highest BCUT2D eigenvalue weighted by molar-refractivity contribution is 5.80. The van der Waals surface area contributed by atoms with Gasteiger partial charge in [-0.15, -0.1) is 0 Å². The number of piperidine rings is 1. The second-order valence-corrected chi connectivity index (χ2v) is 6.17. The molecule has 4 nitrogen and oxygen atoms in total. The van der Waals surface area contributed by atoms with Gasteiger partial charge in [0, 0.05) is 31.4 Å². The molecule has 2 atom stereocenters. The molecule has 4 heteroatoms. The minimum atomic E-state index is 0.524. The molecule has 1 aromatic rings. The van der Waals surface area contributed by atoms with Crippen LogP contribution in [0.5, 0.6) is 0 Å². The fraction of sp³-hybridized carbons (Fsp3) is 0.556. The normalized spacial score (nSPS) is 21.8. The van der Waals surface area contributed by atoms with Gasteiger partial charge in [0.1, 0.15) is 0 Å². The first kappa shape index (κ1) is 16.4. The zero-order valence-electron chi connectivity index (χ0n) is 13.9. The highest BCUT2D eigenvalue weighted by Crippen LogP contribution is 2.22. The molecular weight excluding hydrogens is 272 g/mol. The number of rotatable bonds is 5. The molecule has 1 aliphatic rings. The van der Waals surface area contributed by atoms with Gasteiger partial charge in [0.2, 0.25) is 0 Å². The molecule has 1 aliphatic heterocycles. The smallest absolute Gasteiger partial charge is 0.0640 e. The van der Waals surface area contributed by atoms with Gasteiger partial charge in [-0.05, 0) is 50.8 Å². The number of anilines is 1. The third-order valence-corrected chi connectivity index (χ3v) is 4.38. The van der Waals surface area contributed by atoms with Crippen LogP contribution in [0.2, 0.25) is 0 Å². The zero-order valence-corrected chi connectivity index (χ0v) is 13.9. The van der Waals surface area contributed by atoms with E-state index >= 15 is 0 Å². The Labute approximate surface area is 134 Å². The number of nitrogens with zero attached hydrogens (tertiary/aromatic N) is 4. The summed E-state index contributed by atoms with van der Waals surface area (Å²) in [4.78, 5) is 2.10. The maximum Gasteiger partial charge on any atom is 0.0640 e. The maximum atomic E-state index is 8.64. The molecule has 0 aliphatic carbocycles. The lowest BCUT2D eigenvalue weighted by atomic mass is 10.00. The largest absolute Gasteiger partial charge is 0.374 e. The van der Waals surface area contributed by atoms with E-state index in [-0.39, 0.29) is 0 Å². The first-order valence-corrected chi connectivity index (χ1v) is 8.12. The Morgan fingerprint density at radius 2 is 1.91 bits per heavy atom. The molecule has 0 unspecified atom stereocenters. The van der Waals surface area contributed by atoms with Crippen molar-refractivity contribution >= 4 is 11.9 Å². The molecule has 1 fully saturated rings. The quantitative estimate of drug-likeness (QED) is 0.780. The first-order chi connectivity index (χ1) is 10.6. The molecule has 0 aromatic heterocycles. The van der Waals surface area contributed by atoms with Gasteiger partial charge >= 0.3 is 0 Å². The van der Waals surface area contributed by atoms with Gasteiger partial charge < -0.3 is 4.90 Å². The monoisotopic (exact) mass is 298 g/mol. The van der Waals surface area contributed by atoms with Crippen LogP contribution in [0.4, 0.5) is 5.69 Å². The summed E-state index contributed by atoms with van der Waals surface area (Å²) in [6.07, 6.45) is 6.26. The molecule has 0 spiro atoms. The minimum Gasteiger partial charge on any atom is -0.374 e. The fourth-order valence-corrected chi connectivity index (χ4v) is 2.93. The van der Waals surface area contributed by atoms with Gasteiger partial charge in [-0.25, -0.2) is 0 Å². The Hall–Kier alpha value is -2.02. The van der Waals surface area contributed by atoms with Crippen LogP contribution < -0.4 is 4.90 Å². The van der Waals surface area contributed by atoms with Crippen molar-refractivity contribution in [3.8, 4) is 6.07 Å². The summed E-state index contributed by atoms with van der Waals surface area (Å²) in [6.45, 7) is 5.26. The molecule has 2 rings (SSSR count). The summed E-state index contributed by atoms with van der Waals surface area (Å²) in [6, 6.07) is 11.6. The number of hydrogen-bond acceptors (Lipinski definition) is 4. The summed E-state index contributed by atoms with van der Waals surface area (Å²) >= 11 is 0. The summed E-state index contributed by atoms with van der Waals surface area (Å²) in [5.41, 5.74) is 2.24. The molecule has 0 bridgehead atoms. The van der Waals surface area contributed by atoms with E-state index in [0.29, 0.717) is 18.5 Å². The van der Waals surface area contributed by atoms with E-state index in [1.807, 2.05) is 13.3 Å². The van der Waals surface area contributed by atoms with Crippen LogP contribution in [-0.4, -0.2) is 36.9 Å². The van der Waals surface area contributed by atoms with Crippen LogP contribution in [0.25, 0.3) is 0 Å². The Morgan fingerprint density at radius 1 is 1.27 bits per heavy atom. The standard InChI is InChI=1S/C18H26N4/c1-15-6-4-7-16(2)22(15)20-14-17-8-10-18(11-9-17)21(3)13-5-12-19/h8-11,14-16H,4-7,13H2,1-3H3/b20-14-/t15-,16+. The maximum absolute atomic E-state index is 8.64. The lowest BCUT2D eigenvalue weighted by Gasteiger charge is -2.36. The summed E-state index contributed by atoms with van der Waals surface area (Å²) in [7, 11) is 2.01. The second kappa shape index (κ2) is 7.84. The second-order valence-electron chi connectivity index (χ2n) is 6.17. The van der Waals surface area contributed by atoms with Crippen LogP contribution in [0.15, 0.2) is 29.4 Å². The van der Waals surface area contributed by atoms with Crippen LogP contribution in [0.1, 0.15) is 45.1 Å². The molecule has 118 valence electrons. The van der Waals surface area contributed by atoms with Gasteiger partial charge in [0.15, 0.2) is 0 Å². The van der Waals surface area contributed by atoms with Crippen molar-refractivity contribution in [1.29, 1.82) is 5.26 Å². The van der Waals surface area contributed by atoms with Crippen molar-refractivity contribution < 1.29 is 0 Å². The minimum absolute atomic E-state index is 0.524. The number of benzene rings is 1. The lowest BCUT2D eigenvalue weighted by Crippen LogP contribution is -2.39. The lowest BCUT2D eigenvalue weighted by molar-refractivity contribution is 0.109. The average Bonchev–Trinajstić information content (AvgIpc) is 2.52. The van der Waals surface area contributed by atoms with Gasteiger partial charge in [-0.1, -0.05) is 12.1 Å². The summed E-state index contributed by atoms with van der Waals surface area (Å²) < 4.78 is 0.